The molecule has 2 aromatic rings. The Labute approximate surface area is 141 Å². The summed E-state index contributed by atoms with van der Waals surface area (Å²) in [6.45, 7) is 0.795. The lowest BCUT2D eigenvalue weighted by molar-refractivity contribution is 0.407. The number of nitrogens with zero attached hydrogens (tertiary/aromatic N) is 1. The Kier molecular flexibility index (Phi) is 3.54. The number of ether oxygens (including phenoxy) is 1. The van der Waals surface area contributed by atoms with Gasteiger partial charge in [0.2, 0.25) is 0 Å². The number of fused-ring (bicyclic) bond motifs is 5. The third-order valence-corrected chi connectivity index (χ3v) is 5.11. The lowest BCUT2D eigenvalue weighted by Gasteiger charge is -2.40. The van der Waals surface area contributed by atoms with E-state index in [0.717, 1.165) is 30.6 Å². The van der Waals surface area contributed by atoms with Gasteiger partial charge in [-0.25, -0.2) is 8.78 Å². The van der Waals surface area contributed by atoms with Crippen molar-refractivity contribution in [1.82, 2.24) is 0 Å². The molecule has 2 aliphatic rings. The van der Waals surface area contributed by atoms with Crippen LogP contribution < -0.4 is 15.4 Å². The van der Waals surface area contributed by atoms with Gasteiger partial charge in [-0.05, 0) is 40.9 Å². The largest absolute Gasteiger partial charge is 0.455 e. The highest BCUT2D eigenvalue weighted by Gasteiger charge is 2.36. The third kappa shape index (κ3) is 2.40. The first-order valence-corrected chi connectivity index (χ1v) is 8.32. The first-order valence-electron chi connectivity index (χ1n) is 7.53. The molecule has 2 atom stereocenters. The molecule has 0 amide bonds. The number of hydrogen-bond acceptors (Lipinski definition) is 3. The highest BCUT2D eigenvalue weighted by molar-refractivity contribution is 9.10. The molecule has 1 saturated heterocycles. The van der Waals surface area contributed by atoms with Gasteiger partial charge in [-0.3, -0.25) is 0 Å². The molecule has 3 nitrogen and oxygen atoms in total. The van der Waals surface area contributed by atoms with Crippen LogP contribution in [0, 0.1) is 11.6 Å². The van der Waals surface area contributed by atoms with Gasteiger partial charge in [-0.1, -0.05) is 6.07 Å². The molecule has 0 bridgehead atoms. The number of piperidine rings is 1. The van der Waals surface area contributed by atoms with Crippen LogP contribution in [0.5, 0.6) is 11.5 Å². The van der Waals surface area contributed by atoms with Gasteiger partial charge in [0.1, 0.15) is 17.4 Å². The van der Waals surface area contributed by atoms with E-state index in [1.54, 1.807) is 12.1 Å². The molecule has 0 saturated carbocycles. The molecule has 2 heterocycles. The Morgan fingerprint density at radius 2 is 2.00 bits per heavy atom. The van der Waals surface area contributed by atoms with E-state index in [0.29, 0.717) is 16.0 Å². The number of benzene rings is 2. The molecule has 2 aromatic carbocycles. The van der Waals surface area contributed by atoms with E-state index >= 15 is 0 Å². The molecule has 4 rings (SSSR count). The summed E-state index contributed by atoms with van der Waals surface area (Å²) in [6, 6.07) is 7.29. The molecule has 6 heteroatoms. The fraction of sp³-hybridized carbons (Fsp3) is 0.294. The molecule has 0 spiro atoms. The molecule has 2 unspecified atom stereocenters. The second-order valence-corrected chi connectivity index (χ2v) is 6.82. The summed E-state index contributed by atoms with van der Waals surface area (Å²) in [5, 5.41) is 0. The van der Waals surface area contributed by atoms with Gasteiger partial charge < -0.3 is 15.4 Å². The van der Waals surface area contributed by atoms with E-state index in [2.05, 4.69) is 20.8 Å². The van der Waals surface area contributed by atoms with Crippen molar-refractivity contribution in [2.24, 2.45) is 5.73 Å². The second-order valence-electron chi connectivity index (χ2n) is 5.96. The Hall–Kier alpha value is -1.66. The Bertz CT molecular complexity index is 783. The Morgan fingerprint density at radius 3 is 2.83 bits per heavy atom. The summed E-state index contributed by atoms with van der Waals surface area (Å²) in [5.74, 6) is -0.0193. The van der Waals surface area contributed by atoms with Crippen LogP contribution in [0.15, 0.2) is 34.8 Å². The van der Waals surface area contributed by atoms with Crippen LogP contribution in [-0.2, 0) is 0 Å². The molecule has 23 heavy (non-hydrogen) atoms. The average Bonchev–Trinajstić information content (AvgIpc) is 2.63. The predicted molar refractivity (Wildman–Crippen MR) is 87.9 cm³/mol. The van der Waals surface area contributed by atoms with E-state index in [-0.39, 0.29) is 17.9 Å². The number of hydrogen-bond donors (Lipinski definition) is 1. The van der Waals surface area contributed by atoms with Crippen LogP contribution in [0.3, 0.4) is 0 Å². The predicted octanol–water partition coefficient (Wildman–Crippen LogP) is 4.50. The Morgan fingerprint density at radius 1 is 1.17 bits per heavy atom. The van der Waals surface area contributed by atoms with Crippen molar-refractivity contribution >= 4 is 21.6 Å². The maximum atomic E-state index is 14.0. The monoisotopic (exact) mass is 380 g/mol. The van der Waals surface area contributed by atoms with Crippen molar-refractivity contribution in [1.29, 1.82) is 0 Å². The maximum Gasteiger partial charge on any atom is 0.153 e. The first kappa shape index (κ1) is 14.9. The summed E-state index contributed by atoms with van der Waals surface area (Å²) < 4.78 is 33.8. The molecule has 2 aliphatic heterocycles. The zero-order valence-electron chi connectivity index (χ0n) is 12.2. The number of halogens is 3. The molecule has 1 fully saturated rings. The summed E-state index contributed by atoms with van der Waals surface area (Å²) in [7, 11) is 0. The van der Waals surface area contributed by atoms with Crippen molar-refractivity contribution in [3.8, 4) is 11.5 Å². The molecular formula is C17H15BrF2N2O. The summed E-state index contributed by atoms with van der Waals surface area (Å²) in [6.07, 6.45) is 1.83. The fourth-order valence-corrected chi connectivity index (χ4v) is 3.81. The van der Waals surface area contributed by atoms with Crippen molar-refractivity contribution in [2.45, 2.75) is 24.9 Å². The number of anilines is 1. The minimum Gasteiger partial charge on any atom is -0.455 e. The number of rotatable bonds is 0. The number of nitrogens with two attached hydrogens (primary N) is 1. The molecule has 0 aliphatic carbocycles. The standard InChI is InChI=1S/C17H15BrF2N2O/c18-11-7-14-16(8-12(11)20)23-15-6-9(19)3-4-10(15)17-13(21)2-1-5-22(14)17/h3-4,6-8,13,17H,1-2,5,21H2. The molecule has 120 valence electrons. The van der Waals surface area contributed by atoms with Crippen LogP contribution >= 0.6 is 15.9 Å². The quantitative estimate of drug-likeness (QED) is 0.730. The van der Waals surface area contributed by atoms with Gasteiger partial charge in [0.25, 0.3) is 0 Å². The summed E-state index contributed by atoms with van der Waals surface area (Å²) >= 11 is 3.23. The van der Waals surface area contributed by atoms with Crippen molar-refractivity contribution in [2.75, 3.05) is 11.4 Å². The molecular weight excluding hydrogens is 366 g/mol. The highest BCUT2D eigenvalue weighted by atomic mass is 79.9. The summed E-state index contributed by atoms with van der Waals surface area (Å²) in [4.78, 5) is 2.14. The fourth-order valence-electron chi connectivity index (χ4n) is 3.48. The second kappa shape index (κ2) is 5.46. The smallest absolute Gasteiger partial charge is 0.153 e. The average molecular weight is 381 g/mol. The van der Waals surface area contributed by atoms with Gasteiger partial charge in [-0.2, -0.15) is 0 Å². The van der Waals surface area contributed by atoms with Gasteiger partial charge >= 0.3 is 0 Å². The van der Waals surface area contributed by atoms with Crippen molar-refractivity contribution in [3.63, 3.8) is 0 Å². The SMILES string of the molecule is NC1CCCN2c3cc(Br)c(F)cc3Oc3cc(F)ccc3C12. The normalized spacial score (nSPS) is 22.5. The third-order valence-electron chi connectivity index (χ3n) is 4.50. The zero-order chi connectivity index (χ0) is 16.1. The van der Waals surface area contributed by atoms with Crippen LogP contribution in [0.1, 0.15) is 24.4 Å². The van der Waals surface area contributed by atoms with Gasteiger partial charge in [-0.15, -0.1) is 0 Å². The van der Waals surface area contributed by atoms with Crippen molar-refractivity contribution in [3.05, 3.63) is 52.0 Å². The minimum atomic E-state index is -0.415. The van der Waals surface area contributed by atoms with Gasteiger partial charge in [0, 0.05) is 30.3 Å². The van der Waals surface area contributed by atoms with E-state index in [1.165, 1.54) is 18.2 Å². The Balaban J connectivity index is 1.96. The van der Waals surface area contributed by atoms with Crippen LogP contribution in [0.25, 0.3) is 0 Å². The van der Waals surface area contributed by atoms with Crippen molar-refractivity contribution < 1.29 is 13.5 Å². The lowest BCUT2D eigenvalue weighted by atomic mass is 9.90. The first-order chi connectivity index (χ1) is 11.0. The molecule has 0 radical (unpaired) electrons. The highest BCUT2D eigenvalue weighted by Crippen LogP contribution is 2.48. The van der Waals surface area contributed by atoms with Gasteiger partial charge in [0.05, 0.1) is 16.2 Å². The van der Waals surface area contributed by atoms with Crippen LogP contribution in [-0.4, -0.2) is 12.6 Å². The maximum absolute atomic E-state index is 14.0. The lowest BCUT2D eigenvalue weighted by Crippen LogP contribution is -2.45. The van der Waals surface area contributed by atoms with E-state index in [4.69, 9.17) is 10.5 Å². The topological polar surface area (TPSA) is 38.5 Å². The van der Waals surface area contributed by atoms with Crippen LogP contribution in [0.4, 0.5) is 14.5 Å². The zero-order valence-corrected chi connectivity index (χ0v) is 13.8. The van der Waals surface area contributed by atoms with E-state index < -0.39 is 5.82 Å². The van der Waals surface area contributed by atoms with Crippen LogP contribution in [0.2, 0.25) is 0 Å². The van der Waals surface area contributed by atoms with E-state index in [9.17, 15) is 8.78 Å². The summed E-state index contributed by atoms with van der Waals surface area (Å²) in [5.41, 5.74) is 7.97. The molecule has 2 N–H and O–H groups in total. The van der Waals surface area contributed by atoms with Gasteiger partial charge in [0.15, 0.2) is 5.75 Å². The minimum absolute atomic E-state index is 0.0914. The molecule has 0 aromatic heterocycles. The van der Waals surface area contributed by atoms with E-state index in [1.807, 2.05) is 0 Å².